The number of anilines is 1. The maximum atomic E-state index is 11.9. The van der Waals surface area contributed by atoms with Crippen molar-refractivity contribution < 1.29 is 4.79 Å². The van der Waals surface area contributed by atoms with E-state index in [4.69, 9.17) is 0 Å². The lowest BCUT2D eigenvalue weighted by Crippen LogP contribution is -2.41. The molecule has 3 heteroatoms. The summed E-state index contributed by atoms with van der Waals surface area (Å²) in [5.74, 6) is 0.615. The van der Waals surface area contributed by atoms with Gasteiger partial charge in [-0.2, -0.15) is 0 Å². The number of rotatable bonds is 4. The summed E-state index contributed by atoms with van der Waals surface area (Å²) < 4.78 is 0. The summed E-state index contributed by atoms with van der Waals surface area (Å²) in [6, 6.07) is 8.77. The van der Waals surface area contributed by atoms with Crippen molar-refractivity contribution in [2.45, 2.75) is 33.2 Å². The van der Waals surface area contributed by atoms with Gasteiger partial charge in [0.1, 0.15) is 0 Å². The molecule has 18 heavy (non-hydrogen) atoms. The summed E-state index contributed by atoms with van der Waals surface area (Å²) >= 11 is 0. The van der Waals surface area contributed by atoms with Gasteiger partial charge in [0.05, 0.1) is 6.54 Å². The first-order valence-corrected chi connectivity index (χ1v) is 6.69. The Morgan fingerprint density at radius 3 is 2.89 bits per heavy atom. The molecule has 2 rings (SSSR count). The lowest BCUT2D eigenvalue weighted by Gasteiger charge is -2.24. The molecule has 1 atom stereocenters. The van der Waals surface area contributed by atoms with Gasteiger partial charge in [-0.3, -0.25) is 4.79 Å². The molecule has 0 saturated carbocycles. The maximum Gasteiger partial charge on any atom is 0.239 e. The summed E-state index contributed by atoms with van der Waals surface area (Å²) in [6.45, 7) is 7.60. The Bertz CT molecular complexity index is 428. The van der Waals surface area contributed by atoms with Crippen molar-refractivity contribution in [3.8, 4) is 0 Å². The number of nitrogens with zero attached hydrogens (tertiary/aromatic N) is 1. The predicted octanol–water partition coefficient (Wildman–Crippen LogP) is 2.21. The van der Waals surface area contributed by atoms with Gasteiger partial charge in [0.25, 0.3) is 0 Å². The molecular weight excluding hydrogens is 224 g/mol. The van der Waals surface area contributed by atoms with Crippen LogP contribution in [0.3, 0.4) is 0 Å². The molecule has 98 valence electrons. The SMILES string of the molecule is CC(C)CNC(=O)CN1c2ccccc2CC1C. The van der Waals surface area contributed by atoms with E-state index in [-0.39, 0.29) is 5.91 Å². The number of nitrogens with one attached hydrogen (secondary N) is 1. The van der Waals surface area contributed by atoms with E-state index in [1.54, 1.807) is 0 Å². The number of fused-ring (bicyclic) bond motifs is 1. The Kier molecular flexibility index (Phi) is 3.90. The molecule has 0 bridgehead atoms. The first-order chi connectivity index (χ1) is 8.58. The Hall–Kier alpha value is -1.51. The van der Waals surface area contributed by atoms with Crippen molar-refractivity contribution in [2.24, 2.45) is 5.92 Å². The molecule has 1 heterocycles. The third kappa shape index (κ3) is 2.84. The van der Waals surface area contributed by atoms with Crippen molar-refractivity contribution in [1.29, 1.82) is 0 Å². The van der Waals surface area contributed by atoms with E-state index in [9.17, 15) is 4.79 Å². The monoisotopic (exact) mass is 246 g/mol. The van der Waals surface area contributed by atoms with Crippen LogP contribution >= 0.6 is 0 Å². The molecule has 1 aromatic rings. The van der Waals surface area contributed by atoms with Crippen LogP contribution in [0.1, 0.15) is 26.3 Å². The zero-order chi connectivity index (χ0) is 13.1. The smallest absolute Gasteiger partial charge is 0.239 e. The molecular formula is C15H22N2O. The van der Waals surface area contributed by atoms with Crippen LogP contribution in [0, 0.1) is 5.92 Å². The van der Waals surface area contributed by atoms with Crippen molar-refractivity contribution in [2.75, 3.05) is 18.0 Å². The summed E-state index contributed by atoms with van der Waals surface area (Å²) in [5.41, 5.74) is 2.56. The molecule has 1 aliphatic rings. The second-order valence-electron chi connectivity index (χ2n) is 5.51. The zero-order valence-corrected chi connectivity index (χ0v) is 11.4. The molecule has 0 saturated heterocycles. The number of carbonyl (C=O) groups is 1. The molecule has 1 N–H and O–H groups in total. The van der Waals surface area contributed by atoms with Crippen LogP contribution in [-0.2, 0) is 11.2 Å². The molecule has 1 unspecified atom stereocenters. The Balaban J connectivity index is 1.99. The summed E-state index contributed by atoms with van der Waals surface area (Å²) in [6.07, 6.45) is 1.04. The van der Waals surface area contributed by atoms with E-state index in [1.165, 1.54) is 11.3 Å². The molecule has 1 aromatic carbocycles. The minimum atomic E-state index is 0.118. The highest BCUT2D eigenvalue weighted by Crippen LogP contribution is 2.31. The van der Waals surface area contributed by atoms with Gasteiger partial charge in [-0.05, 0) is 30.9 Å². The van der Waals surface area contributed by atoms with E-state index >= 15 is 0 Å². The second-order valence-corrected chi connectivity index (χ2v) is 5.51. The lowest BCUT2D eigenvalue weighted by atomic mass is 10.1. The lowest BCUT2D eigenvalue weighted by molar-refractivity contribution is -0.120. The van der Waals surface area contributed by atoms with Gasteiger partial charge >= 0.3 is 0 Å². The van der Waals surface area contributed by atoms with E-state index in [2.05, 4.69) is 49.2 Å². The van der Waals surface area contributed by atoms with Crippen LogP contribution in [0.2, 0.25) is 0 Å². The van der Waals surface area contributed by atoms with Gasteiger partial charge in [-0.1, -0.05) is 32.0 Å². The van der Waals surface area contributed by atoms with E-state index in [0.717, 1.165) is 13.0 Å². The van der Waals surface area contributed by atoms with Gasteiger partial charge < -0.3 is 10.2 Å². The van der Waals surface area contributed by atoms with Gasteiger partial charge in [-0.15, -0.1) is 0 Å². The highest BCUT2D eigenvalue weighted by molar-refractivity contribution is 5.82. The average molecular weight is 246 g/mol. The molecule has 0 radical (unpaired) electrons. The zero-order valence-electron chi connectivity index (χ0n) is 11.4. The number of benzene rings is 1. The third-order valence-corrected chi connectivity index (χ3v) is 3.37. The van der Waals surface area contributed by atoms with Crippen LogP contribution < -0.4 is 10.2 Å². The van der Waals surface area contributed by atoms with E-state index in [0.29, 0.717) is 18.5 Å². The summed E-state index contributed by atoms with van der Waals surface area (Å²) in [7, 11) is 0. The van der Waals surface area contributed by atoms with Crippen molar-refractivity contribution in [1.82, 2.24) is 5.32 Å². The first-order valence-electron chi connectivity index (χ1n) is 6.69. The van der Waals surface area contributed by atoms with Crippen molar-refractivity contribution in [3.63, 3.8) is 0 Å². The normalized spacial score (nSPS) is 18.0. The largest absolute Gasteiger partial charge is 0.359 e. The Labute approximate surface area is 109 Å². The molecule has 0 aliphatic carbocycles. The van der Waals surface area contributed by atoms with Crippen LogP contribution in [0.4, 0.5) is 5.69 Å². The van der Waals surface area contributed by atoms with Gasteiger partial charge in [0.2, 0.25) is 5.91 Å². The van der Waals surface area contributed by atoms with Crippen molar-refractivity contribution >= 4 is 11.6 Å². The van der Waals surface area contributed by atoms with Gasteiger partial charge in [0, 0.05) is 18.3 Å². The van der Waals surface area contributed by atoms with E-state index < -0.39 is 0 Å². The van der Waals surface area contributed by atoms with Gasteiger partial charge in [-0.25, -0.2) is 0 Å². The van der Waals surface area contributed by atoms with E-state index in [1.807, 2.05) is 6.07 Å². The van der Waals surface area contributed by atoms with Crippen LogP contribution in [0.5, 0.6) is 0 Å². The fourth-order valence-electron chi connectivity index (χ4n) is 2.40. The van der Waals surface area contributed by atoms with Crippen molar-refractivity contribution in [3.05, 3.63) is 29.8 Å². The van der Waals surface area contributed by atoms with Gasteiger partial charge in [0.15, 0.2) is 0 Å². The number of hydrogen-bond acceptors (Lipinski definition) is 2. The predicted molar refractivity (Wildman–Crippen MR) is 74.8 cm³/mol. The van der Waals surface area contributed by atoms with Crippen LogP contribution in [0.15, 0.2) is 24.3 Å². The standard InChI is InChI=1S/C15H22N2O/c1-11(2)9-16-15(18)10-17-12(3)8-13-6-4-5-7-14(13)17/h4-7,11-12H,8-10H2,1-3H3,(H,16,18). The molecule has 3 nitrogen and oxygen atoms in total. The minimum absolute atomic E-state index is 0.118. The molecule has 0 spiro atoms. The molecule has 1 amide bonds. The molecule has 0 fully saturated rings. The van der Waals surface area contributed by atoms with Crippen LogP contribution in [0.25, 0.3) is 0 Å². The summed E-state index contributed by atoms with van der Waals surface area (Å²) in [5, 5.41) is 2.98. The second kappa shape index (κ2) is 5.42. The number of hydrogen-bond donors (Lipinski definition) is 1. The fraction of sp³-hybridized carbons (Fsp3) is 0.533. The maximum absolute atomic E-state index is 11.9. The fourth-order valence-corrected chi connectivity index (χ4v) is 2.40. The summed E-state index contributed by atoms with van der Waals surface area (Å²) in [4.78, 5) is 14.1. The highest BCUT2D eigenvalue weighted by atomic mass is 16.2. The Morgan fingerprint density at radius 2 is 2.17 bits per heavy atom. The minimum Gasteiger partial charge on any atom is -0.359 e. The third-order valence-electron chi connectivity index (χ3n) is 3.37. The first kappa shape index (κ1) is 12.9. The molecule has 0 aromatic heterocycles. The highest BCUT2D eigenvalue weighted by Gasteiger charge is 2.26. The quantitative estimate of drug-likeness (QED) is 0.883. The molecule has 1 aliphatic heterocycles. The average Bonchev–Trinajstić information content (AvgIpc) is 2.64. The Morgan fingerprint density at radius 1 is 1.44 bits per heavy atom. The number of para-hydroxylation sites is 1. The van der Waals surface area contributed by atoms with Crippen LogP contribution in [-0.4, -0.2) is 25.0 Å². The number of amides is 1. The number of carbonyl (C=O) groups excluding carboxylic acids is 1. The topological polar surface area (TPSA) is 32.3 Å².